The summed E-state index contributed by atoms with van der Waals surface area (Å²) in [5.41, 5.74) is 3.85. The molecule has 30 heavy (non-hydrogen) atoms. The standard InChI is InChI=1S/C23H25N5O2/c1-28(23(26-16-24)27-19-11-12-19)20-8-4-6-17(14-20)21(9-2-3-10-22(29)30)18-7-5-13-25-15-18/h4-9,13-15,19H,2-3,10-12H2,1H3,(H,26,27)(H,29,30). The Morgan fingerprint density at radius 2 is 2.17 bits per heavy atom. The number of aliphatic carboxylic acids is 1. The quantitative estimate of drug-likeness (QED) is 0.229. The second-order valence-electron chi connectivity index (χ2n) is 7.18. The molecule has 2 aromatic rings. The molecule has 1 heterocycles. The number of anilines is 1. The van der Waals surface area contributed by atoms with Crippen molar-refractivity contribution in [3.05, 3.63) is 66.0 Å². The van der Waals surface area contributed by atoms with Gasteiger partial charge in [-0.15, -0.1) is 0 Å². The first-order chi connectivity index (χ1) is 14.6. The van der Waals surface area contributed by atoms with Crippen molar-refractivity contribution in [3.8, 4) is 6.19 Å². The molecule has 0 spiro atoms. The average Bonchev–Trinajstić information content (AvgIpc) is 3.57. The molecule has 0 bridgehead atoms. The van der Waals surface area contributed by atoms with E-state index in [1.54, 1.807) is 12.4 Å². The largest absolute Gasteiger partial charge is 0.481 e. The van der Waals surface area contributed by atoms with Gasteiger partial charge in [-0.3, -0.25) is 15.1 Å². The second-order valence-corrected chi connectivity index (χ2v) is 7.18. The average molecular weight is 403 g/mol. The van der Waals surface area contributed by atoms with Gasteiger partial charge in [0.2, 0.25) is 5.96 Å². The molecule has 0 saturated heterocycles. The van der Waals surface area contributed by atoms with Crippen LogP contribution >= 0.6 is 0 Å². The van der Waals surface area contributed by atoms with E-state index < -0.39 is 5.97 Å². The van der Waals surface area contributed by atoms with Crippen molar-refractivity contribution in [3.63, 3.8) is 0 Å². The fourth-order valence-electron chi connectivity index (χ4n) is 3.06. The van der Waals surface area contributed by atoms with Gasteiger partial charge in [0.05, 0.1) is 6.04 Å². The van der Waals surface area contributed by atoms with Crippen LogP contribution < -0.4 is 10.2 Å². The van der Waals surface area contributed by atoms with Crippen LogP contribution in [0.1, 0.15) is 43.2 Å². The van der Waals surface area contributed by atoms with E-state index in [0.29, 0.717) is 18.8 Å². The Morgan fingerprint density at radius 1 is 1.37 bits per heavy atom. The summed E-state index contributed by atoms with van der Waals surface area (Å²) in [6, 6.07) is 12.1. The fourth-order valence-corrected chi connectivity index (χ4v) is 3.06. The second kappa shape index (κ2) is 10.2. The van der Waals surface area contributed by atoms with Gasteiger partial charge in [0.15, 0.2) is 6.19 Å². The van der Waals surface area contributed by atoms with Crippen molar-refractivity contribution in [2.24, 2.45) is 4.99 Å². The number of pyridine rings is 1. The molecule has 1 saturated carbocycles. The van der Waals surface area contributed by atoms with Gasteiger partial charge in [0.25, 0.3) is 0 Å². The van der Waals surface area contributed by atoms with Crippen molar-refractivity contribution >= 4 is 23.2 Å². The first kappa shape index (κ1) is 21.1. The van der Waals surface area contributed by atoms with Gasteiger partial charge in [-0.25, -0.2) is 4.99 Å². The lowest BCUT2D eigenvalue weighted by atomic mass is 9.97. The van der Waals surface area contributed by atoms with Gasteiger partial charge in [-0.05, 0) is 55.0 Å². The minimum Gasteiger partial charge on any atom is -0.481 e. The predicted octanol–water partition coefficient (Wildman–Crippen LogP) is 3.79. The Morgan fingerprint density at radius 3 is 2.83 bits per heavy atom. The number of aliphatic imine (C=N–C) groups is 1. The lowest BCUT2D eigenvalue weighted by molar-refractivity contribution is -0.137. The highest BCUT2D eigenvalue weighted by Crippen LogP contribution is 2.28. The number of hydrogen-bond donors (Lipinski definition) is 2. The minimum absolute atomic E-state index is 0.139. The summed E-state index contributed by atoms with van der Waals surface area (Å²) in [6.07, 6.45) is 11.0. The maximum Gasteiger partial charge on any atom is 0.303 e. The molecular formula is C23H25N5O2. The molecule has 0 unspecified atom stereocenters. The van der Waals surface area contributed by atoms with Crippen molar-refractivity contribution in [1.29, 1.82) is 5.26 Å². The number of nitrogens with zero attached hydrogens (tertiary/aromatic N) is 4. The lowest BCUT2D eigenvalue weighted by Gasteiger charge is -2.21. The summed E-state index contributed by atoms with van der Waals surface area (Å²) in [7, 11) is 1.88. The number of nitrogens with one attached hydrogen (secondary N) is 1. The van der Waals surface area contributed by atoms with Crippen LogP contribution in [-0.2, 0) is 4.79 Å². The number of hydrogen-bond acceptors (Lipinski definition) is 4. The van der Waals surface area contributed by atoms with Crippen LogP contribution in [0.15, 0.2) is 59.9 Å². The molecule has 0 aliphatic heterocycles. The number of unbranched alkanes of at least 4 members (excludes halogenated alkanes) is 1. The molecule has 154 valence electrons. The molecule has 7 heteroatoms. The highest BCUT2D eigenvalue weighted by atomic mass is 16.4. The van der Waals surface area contributed by atoms with Crippen LogP contribution in [0.5, 0.6) is 0 Å². The van der Waals surface area contributed by atoms with Gasteiger partial charge in [-0.1, -0.05) is 24.3 Å². The van der Waals surface area contributed by atoms with E-state index >= 15 is 0 Å². The van der Waals surface area contributed by atoms with E-state index in [9.17, 15) is 4.79 Å². The van der Waals surface area contributed by atoms with Crippen molar-refractivity contribution in [2.45, 2.75) is 38.1 Å². The molecule has 1 aromatic carbocycles. The number of rotatable bonds is 8. The van der Waals surface area contributed by atoms with E-state index in [2.05, 4.69) is 21.4 Å². The third kappa shape index (κ3) is 5.92. The van der Waals surface area contributed by atoms with Crippen LogP contribution in [0.4, 0.5) is 5.69 Å². The maximum absolute atomic E-state index is 10.8. The Kier molecular flexibility index (Phi) is 7.17. The molecule has 2 N–H and O–H groups in total. The number of aromatic nitrogens is 1. The molecule has 1 fully saturated rings. The van der Waals surface area contributed by atoms with Crippen LogP contribution in [0.3, 0.4) is 0 Å². The molecule has 3 rings (SSSR count). The third-order valence-electron chi connectivity index (χ3n) is 4.80. The zero-order chi connectivity index (χ0) is 21.3. The Labute approximate surface area is 176 Å². The first-order valence-corrected chi connectivity index (χ1v) is 9.98. The number of nitriles is 1. The number of guanidine groups is 1. The van der Waals surface area contributed by atoms with Gasteiger partial charge in [0, 0.05) is 37.1 Å². The lowest BCUT2D eigenvalue weighted by Crippen LogP contribution is -2.36. The predicted molar refractivity (Wildman–Crippen MR) is 117 cm³/mol. The Balaban J connectivity index is 1.90. The topological polar surface area (TPSA) is 102 Å². The minimum atomic E-state index is -0.789. The van der Waals surface area contributed by atoms with E-state index in [-0.39, 0.29) is 12.5 Å². The van der Waals surface area contributed by atoms with Crippen molar-refractivity contribution in [1.82, 2.24) is 10.3 Å². The summed E-state index contributed by atoms with van der Waals surface area (Å²) in [5, 5.41) is 20.7. The van der Waals surface area contributed by atoms with E-state index in [1.807, 2.05) is 54.5 Å². The fraction of sp³-hybridized carbons (Fsp3) is 0.304. The zero-order valence-corrected chi connectivity index (χ0v) is 17.0. The van der Waals surface area contributed by atoms with Gasteiger partial charge >= 0.3 is 5.97 Å². The molecule has 7 nitrogen and oxygen atoms in total. The third-order valence-corrected chi connectivity index (χ3v) is 4.80. The van der Waals surface area contributed by atoms with Gasteiger partial charge in [0.1, 0.15) is 0 Å². The van der Waals surface area contributed by atoms with Crippen LogP contribution in [-0.4, -0.2) is 35.1 Å². The van der Waals surface area contributed by atoms with E-state index in [0.717, 1.165) is 35.2 Å². The Bertz CT molecular complexity index is 975. The summed E-state index contributed by atoms with van der Waals surface area (Å²) in [5.74, 6) is -0.257. The number of carboxylic acid groups (broad SMARTS) is 1. The number of benzene rings is 1. The summed E-state index contributed by atoms with van der Waals surface area (Å²) in [4.78, 5) is 21.5. The maximum atomic E-state index is 10.8. The molecule has 0 atom stereocenters. The van der Waals surface area contributed by atoms with Gasteiger partial charge < -0.3 is 10.0 Å². The summed E-state index contributed by atoms with van der Waals surface area (Å²) in [6.45, 7) is 0. The van der Waals surface area contributed by atoms with Crippen LogP contribution in [0.2, 0.25) is 0 Å². The monoisotopic (exact) mass is 403 g/mol. The molecule has 1 aliphatic rings. The molecule has 1 aliphatic carbocycles. The van der Waals surface area contributed by atoms with Crippen LogP contribution in [0, 0.1) is 11.5 Å². The highest BCUT2D eigenvalue weighted by Gasteiger charge is 2.22. The normalized spacial score (nSPS) is 14.1. The molecule has 0 amide bonds. The van der Waals surface area contributed by atoms with Gasteiger partial charge in [-0.2, -0.15) is 5.26 Å². The van der Waals surface area contributed by atoms with Crippen LogP contribution in [0.25, 0.3) is 5.57 Å². The molecule has 1 aromatic heterocycles. The number of allylic oxidation sites excluding steroid dienone is 1. The Hall–Kier alpha value is -3.66. The highest BCUT2D eigenvalue weighted by molar-refractivity contribution is 5.97. The van der Waals surface area contributed by atoms with Crippen molar-refractivity contribution < 1.29 is 9.90 Å². The van der Waals surface area contributed by atoms with E-state index in [1.165, 1.54) is 0 Å². The summed E-state index contributed by atoms with van der Waals surface area (Å²) >= 11 is 0. The number of carbonyl (C=O) groups is 1. The zero-order valence-electron chi connectivity index (χ0n) is 17.0. The SMILES string of the molecule is CN(C(=NC1CC1)NC#N)c1cccc(C(=CCCCC(=O)O)c2cccnc2)c1. The molecule has 0 radical (unpaired) electrons. The molecular weight excluding hydrogens is 378 g/mol. The first-order valence-electron chi connectivity index (χ1n) is 9.98. The smallest absolute Gasteiger partial charge is 0.303 e. The summed E-state index contributed by atoms with van der Waals surface area (Å²) < 4.78 is 0. The van der Waals surface area contributed by atoms with E-state index in [4.69, 9.17) is 10.4 Å². The number of carboxylic acids is 1. The van der Waals surface area contributed by atoms with Crippen molar-refractivity contribution in [2.75, 3.05) is 11.9 Å².